The van der Waals surface area contributed by atoms with Crippen LogP contribution in [0.25, 0.3) is 0 Å². The Morgan fingerprint density at radius 2 is 1.62 bits per heavy atom. The molecule has 0 amide bonds. The quantitative estimate of drug-likeness (QED) is 0.368. The van der Waals surface area contributed by atoms with E-state index >= 15 is 0 Å². The molecule has 0 rings (SSSR count). The third-order valence-corrected chi connectivity index (χ3v) is 0.803. The van der Waals surface area contributed by atoms with Gasteiger partial charge in [-0.15, -0.1) is 6.10 Å². The number of rotatable bonds is 2. The van der Waals surface area contributed by atoms with E-state index in [0.29, 0.717) is 5.92 Å². The first-order valence-corrected chi connectivity index (χ1v) is 2.78. The van der Waals surface area contributed by atoms with E-state index in [4.69, 9.17) is 0 Å². The molecule has 0 spiro atoms. The summed E-state index contributed by atoms with van der Waals surface area (Å²) >= 11 is 0. The zero-order chi connectivity index (χ0) is 5.86. The summed E-state index contributed by atoms with van der Waals surface area (Å²) in [5, 5.41) is 10.3. The average Bonchev–Trinajstić information content (AvgIpc) is 1.27. The second-order valence-corrected chi connectivity index (χ2v) is 2.44. The van der Waals surface area contributed by atoms with Gasteiger partial charge in [0.05, 0.1) is 0 Å². The minimum absolute atomic E-state index is 0. The molecule has 0 N–H and O–H groups in total. The van der Waals surface area contributed by atoms with E-state index in [0.717, 1.165) is 6.42 Å². The molecule has 0 bridgehead atoms. The van der Waals surface area contributed by atoms with Gasteiger partial charge in [-0.3, -0.25) is 0 Å². The molecule has 1 unspecified atom stereocenters. The molecule has 0 aliphatic rings. The maximum absolute atomic E-state index is 10.3. The molecule has 0 aromatic rings. The van der Waals surface area contributed by atoms with Crippen molar-refractivity contribution in [2.75, 3.05) is 0 Å². The van der Waals surface area contributed by atoms with Crippen molar-refractivity contribution in [1.29, 1.82) is 0 Å². The van der Waals surface area contributed by atoms with E-state index in [1.54, 1.807) is 6.92 Å². The van der Waals surface area contributed by atoms with Gasteiger partial charge in [-0.1, -0.05) is 27.2 Å². The molecule has 0 saturated carbocycles. The first kappa shape index (κ1) is 11.4. The third-order valence-electron chi connectivity index (χ3n) is 0.803. The molecule has 0 fully saturated rings. The molecule has 0 aliphatic heterocycles. The van der Waals surface area contributed by atoms with Crippen LogP contribution in [-0.4, -0.2) is 6.10 Å². The van der Waals surface area contributed by atoms with Gasteiger partial charge in [0.25, 0.3) is 0 Å². The van der Waals surface area contributed by atoms with Gasteiger partial charge in [0, 0.05) is 0 Å². The Balaban J connectivity index is 0. The number of hydrogen-bond acceptors (Lipinski definition) is 1. The van der Waals surface area contributed by atoms with Gasteiger partial charge >= 0.3 is 18.9 Å². The maximum atomic E-state index is 10.3. The maximum Gasteiger partial charge on any atom is 1.00 e. The summed E-state index contributed by atoms with van der Waals surface area (Å²) in [4.78, 5) is 0. The zero-order valence-corrected chi connectivity index (χ0v) is 6.27. The Bertz CT molecular complexity index is 37.8. The predicted octanol–water partition coefficient (Wildman–Crippen LogP) is -2.21. The van der Waals surface area contributed by atoms with Crippen LogP contribution in [0.4, 0.5) is 0 Å². The van der Waals surface area contributed by atoms with E-state index in [1.165, 1.54) is 0 Å². The van der Waals surface area contributed by atoms with Crippen molar-refractivity contribution in [2.45, 2.75) is 33.3 Å². The van der Waals surface area contributed by atoms with E-state index in [-0.39, 0.29) is 25.0 Å². The standard InChI is InChI=1S/C6H13O.Li/c1-5(2)4-6(3)7;/h5-6H,4H2,1-3H3;/q-1;+1. The summed E-state index contributed by atoms with van der Waals surface area (Å²) < 4.78 is 0. The Kier molecular flexibility index (Phi) is 8.08. The molecule has 1 atom stereocenters. The Hall–Kier alpha value is 0.557. The summed E-state index contributed by atoms with van der Waals surface area (Å²) in [6.45, 7) is 5.84. The molecule has 1 nitrogen and oxygen atoms in total. The van der Waals surface area contributed by atoms with Crippen LogP contribution in [0.5, 0.6) is 0 Å². The molecule has 2 heteroatoms. The topological polar surface area (TPSA) is 23.1 Å². The van der Waals surface area contributed by atoms with Crippen molar-refractivity contribution in [3.8, 4) is 0 Å². The second-order valence-electron chi connectivity index (χ2n) is 2.44. The minimum Gasteiger partial charge on any atom is -0.852 e. The summed E-state index contributed by atoms with van der Waals surface area (Å²) in [6.07, 6.45) is 0.431. The van der Waals surface area contributed by atoms with Crippen LogP contribution in [0.2, 0.25) is 0 Å². The zero-order valence-electron chi connectivity index (χ0n) is 6.27. The van der Waals surface area contributed by atoms with E-state index < -0.39 is 0 Å². The van der Waals surface area contributed by atoms with Crippen molar-refractivity contribution in [2.24, 2.45) is 5.92 Å². The fraction of sp³-hybridized carbons (Fsp3) is 1.00. The van der Waals surface area contributed by atoms with Gasteiger partial charge in [0.1, 0.15) is 0 Å². The van der Waals surface area contributed by atoms with Gasteiger partial charge < -0.3 is 5.11 Å². The molecule has 0 aromatic heterocycles. The van der Waals surface area contributed by atoms with E-state index in [2.05, 4.69) is 13.8 Å². The van der Waals surface area contributed by atoms with Crippen LogP contribution < -0.4 is 24.0 Å². The molecule has 8 heavy (non-hydrogen) atoms. The minimum atomic E-state index is -0.375. The van der Waals surface area contributed by atoms with Crippen molar-refractivity contribution < 1.29 is 24.0 Å². The van der Waals surface area contributed by atoms with Crippen LogP contribution in [0, 0.1) is 5.92 Å². The Morgan fingerprint density at radius 3 is 1.62 bits per heavy atom. The van der Waals surface area contributed by atoms with Crippen molar-refractivity contribution >= 4 is 0 Å². The third kappa shape index (κ3) is 9.75. The molecule has 0 heterocycles. The Labute approximate surface area is 63.7 Å². The fourth-order valence-electron chi connectivity index (χ4n) is 0.664. The average molecular weight is 108 g/mol. The number of hydrogen-bond donors (Lipinski definition) is 0. The van der Waals surface area contributed by atoms with Crippen LogP contribution in [0.3, 0.4) is 0 Å². The van der Waals surface area contributed by atoms with Gasteiger partial charge in [0.2, 0.25) is 0 Å². The fourth-order valence-corrected chi connectivity index (χ4v) is 0.664. The van der Waals surface area contributed by atoms with E-state index in [1.807, 2.05) is 0 Å². The summed E-state index contributed by atoms with van der Waals surface area (Å²) in [6, 6.07) is 0. The SMILES string of the molecule is CC(C)CC(C)[O-].[Li+]. The second kappa shape index (κ2) is 5.69. The first-order chi connectivity index (χ1) is 3.13. The normalized spacial score (nSPS) is 13.1. The van der Waals surface area contributed by atoms with Gasteiger partial charge in [-0.25, -0.2) is 0 Å². The summed E-state index contributed by atoms with van der Waals surface area (Å²) in [5.74, 6) is 0.562. The largest absolute Gasteiger partial charge is 1.00 e. The van der Waals surface area contributed by atoms with Crippen molar-refractivity contribution in [3.63, 3.8) is 0 Å². The molecular formula is C6H13LiO. The van der Waals surface area contributed by atoms with Crippen molar-refractivity contribution in [1.82, 2.24) is 0 Å². The molecular weight excluding hydrogens is 95.0 g/mol. The smallest absolute Gasteiger partial charge is 0.852 e. The molecule has 0 aromatic carbocycles. The van der Waals surface area contributed by atoms with Crippen LogP contribution in [0.1, 0.15) is 27.2 Å². The van der Waals surface area contributed by atoms with Gasteiger partial charge in [-0.05, 0) is 5.92 Å². The van der Waals surface area contributed by atoms with Crippen LogP contribution >= 0.6 is 0 Å². The first-order valence-electron chi connectivity index (χ1n) is 2.78. The predicted molar refractivity (Wildman–Crippen MR) is 28.9 cm³/mol. The van der Waals surface area contributed by atoms with Crippen molar-refractivity contribution in [3.05, 3.63) is 0 Å². The summed E-state index contributed by atoms with van der Waals surface area (Å²) in [7, 11) is 0. The monoisotopic (exact) mass is 108 g/mol. The van der Waals surface area contributed by atoms with Gasteiger partial charge in [-0.2, -0.15) is 0 Å². The Morgan fingerprint density at radius 1 is 1.25 bits per heavy atom. The van der Waals surface area contributed by atoms with E-state index in [9.17, 15) is 5.11 Å². The molecule has 0 radical (unpaired) electrons. The molecule has 0 aliphatic carbocycles. The van der Waals surface area contributed by atoms with Crippen LogP contribution in [-0.2, 0) is 0 Å². The van der Waals surface area contributed by atoms with Crippen LogP contribution in [0.15, 0.2) is 0 Å². The molecule has 44 valence electrons. The van der Waals surface area contributed by atoms with Gasteiger partial charge in [0.15, 0.2) is 0 Å². The summed E-state index contributed by atoms with van der Waals surface area (Å²) in [5.41, 5.74) is 0. The molecule has 0 saturated heterocycles.